The normalized spacial score (nSPS) is 11.7. The van der Waals surface area contributed by atoms with Gasteiger partial charge < -0.3 is 10.2 Å². The molecule has 2 N–H and O–H groups in total. The fourth-order valence-corrected chi connectivity index (χ4v) is 2.39. The van der Waals surface area contributed by atoms with Crippen LogP contribution in [0.5, 0.6) is 0 Å². The molecule has 0 spiro atoms. The molecule has 0 bridgehead atoms. The quantitative estimate of drug-likeness (QED) is 0.889. The Morgan fingerprint density at radius 2 is 1.52 bits per heavy atom. The van der Waals surface area contributed by atoms with E-state index in [4.69, 9.17) is 0 Å². The van der Waals surface area contributed by atoms with Crippen molar-refractivity contribution in [1.29, 1.82) is 0 Å². The lowest BCUT2D eigenvalue weighted by Crippen LogP contribution is -2.37. The Balaban J connectivity index is 2.37. The fraction of sp³-hybridized carbons (Fsp3) is 0.294. The van der Waals surface area contributed by atoms with Crippen LogP contribution in [0, 0.1) is 18.6 Å². The molecule has 0 aromatic heterocycles. The maximum atomic E-state index is 13.3. The average Bonchev–Trinajstić information content (AvgIpc) is 2.49. The van der Waals surface area contributed by atoms with E-state index in [0.29, 0.717) is 5.56 Å². The predicted molar refractivity (Wildman–Crippen MR) is 77.1 cm³/mol. The number of aliphatic hydroxyl groups is 2. The summed E-state index contributed by atoms with van der Waals surface area (Å²) in [7, 11) is 0. The van der Waals surface area contributed by atoms with E-state index >= 15 is 0 Å². The summed E-state index contributed by atoms with van der Waals surface area (Å²) in [4.78, 5) is 0. The Labute approximate surface area is 122 Å². The van der Waals surface area contributed by atoms with Crippen LogP contribution in [-0.4, -0.2) is 23.4 Å². The summed E-state index contributed by atoms with van der Waals surface area (Å²) < 4.78 is 26.3. The number of aliphatic hydroxyl groups excluding tert-OH is 2. The van der Waals surface area contributed by atoms with Crippen molar-refractivity contribution in [2.75, 3.05) is 13.2 Å². The van der Waals surface area contributed by atoms with Crippen molar-refractivity contribution in [2.24, 2.45) is 0 Å². The van der Waals surface area contributed by atoms with Gasteiger partial charge in [-0.1, -0.05) is 35.9 Å². The lowest BCUT2D eigenvalue weighted by atomic mass is 9.76. The molecule has 4 heteroatoms. The van der Waals surface area contributed by atoms with Crippen LogP contribution in [0.25, 0.3) is 0 Å². The molecule has 112 valence electrons. The second-order valence-electron chi connectivity index (χ2n) is 5.39. The summed E-state index contributed by atoms with van der Waals surface area (Å²) in [6.45, 7) is 1.37. The molecular weight excluding hydrogens is 274 g/mol. The van der Waals surface area contributed by atoms with Crippen molar-refractivity contribution in [2.45, 2.75) is 18.8 Å². The molecule has 2 aromatic rings. The monoisotopic (exact) mass is 292 g/mol. The predicted octanol–water partition coefficient (Wildman–Crippen LogP) is 2.74. The Bertz CT molecular complexity index is 605. The molecule has 2 nitrogen and oxygen atoms in total. The molecule has 2 rings (SSSR count). The summed E-state index contributed by atoms with van der Waals surface area (Å²) in [5, 5.41) is 19.5. The molecule has 0 aliphatic carbocycles. The van der Waals surface area contributed by atoms with Crippen molar-refractivity contribution in [1.82, 2.24) is 0 Å². The van der Waals surface area contributed by atoms with E-state index in [0.717, 1.165) is 23.3 Å². The maximum absolute atomic E-state index is 13.3. The van der Waals surface area contributed by atoms with Crippen LogP contribution in [0.1, 0.15) is 16.7 Å². The Kier molecular flexibility index (Phi) is 4.70. The minimum atomic E-state index is -0.929. The topological polar surface area (TPSA) is 40.5 Å². The van der Waals surface area contributed by atoms with Gasteiger partial charge in [0.15, 0.2) is 11.6 Å². The molecule has 0 aliphatic rings. The van der Waals surface area contributed by atoms with Crippen molar-refractivity contribution in [3.63, 3.8) is 0 Å². The highest BCUT2D eigenvalue weighted by atomic mass is 19.2. The molecule has 0 aliphatic heterocycles. The Morgan fingerprint density at radius 3 is 2.05 bits per heavy atom. The summed E-state index contributed by atoms with van der Waals surface area (Å²) in [6, 6.07) is 11.1. The van der Waals surface area contributed by atoms with Crippen molar-refractivity contribution in [3.05, 3.63) is 70.8 Å². The zero-order valence-electron chi connectivity index (χ0n) is 11.8. The first-order valence-corrected chi connectivity index (χ1v) is 6.73. The van der Waals surface area contributed by atoms with Crippen molar-refractivity contribution >= 4 is 0 Å². The van der Waals surface area contributed by atoms with Gasteiger partial charge in [0.2, 0.25) is 0 Å². The highest BCUT2D eigenvalue weighted by Crippen LogP contribution is 2.29. The molecule has 0 saturated heterocycles. The second kappa shape index (κ2) is 6.33. The van der Waals surface area contributed by atoms with Crippen LogP contribution < -0.4 is 0 Å². The van der Waals surface area contributed by atoms with Gasteiger partial charge in [0, 0.05) is 5.41 Å². The van der Waals surface area contributed by atoms with Gasteiger partial charge >= 0.3 is 0 Å². The van der Waals surface area contributed by atoms with Crippen LogP contribution in [0.3, 0.4) is 0 Å². The van der Waals surface area contributed by atoms with Gasteiger partial charge in [0.1, 0.15) is 0 Å². The number of halogens is 2. The third-order valence-corrected chi connectivity index (χ3v) is 3.80. The minimum Gasteiger partial charge on any atom is -0.395 e. The van der Waals surface area contributed by atoms with Gasteiger partial charge in [0.05, 0.1) is 13.2 Å². The highest BCUT2D eigenvalue weighted by Gasteiger charge is 2.31. The Morgan fingerprint density at radius 1 is 0.905 bits per heavy atom. The molecule has 21 heavy (non-hydrogen) atoms. The molecule has 0 radical (unpaired) electrons. The van der Waals surface area contributed by atoms with E-state index in [9.17, 15) is 19.0 Å². The molecule has 0 fully saturated rings. The smallest absolute Gasteiger partial charge is 0.159 e. The molecule has 0 heterocycles. The van der Waals surface area contributed by atoms with Crippen LogP contribution >= 0.6 is 0 Å². The van der Waals surface area contributed by atoms with E-state index < -0.39 is 17.0 Å². The van der Waals surface area contributed by atoms with Gasteiger partial charge in [-0.05, 0) is 36.6 Å². The first-order chi connectivity index (χ1) is 10.0. The molecule has 0 unspecified atom stereocenters. The fourth-order valence-electron chi connectivity index (χ4n) is 2.39. The summed E-state index contributed by atoms with van der Waals surface area (Å²) in [6.07, 6.45) is 0.222. The first-order valence-electron chi connectivity index (χ1n) is 6.73. The summed E-state index contributed by atoms with van der Waals surface area (Å²) >= 11 is 0. The van der Waals surface area contributed by atoms with Crippen LogP contribution in [-0.2, 0) is 11.8 Å². The molecule has 2 aromatic carbocycles. The van der Waals surface area contributed by atoms with Crippen LogP contribution in [0.15, 0.2) is 42.5 Å². The molecule has 0 amide bonds. The van der Waals surface area contributed by atoms with Crippen LogP contribution in [0.4, 0.5) is 8.78 Å². The van der Waals surface area contributed by atoms with Gasteiger partial charge in [-0.2, -0.15) is 0 Å². The summed E-state index contributed by atoms with van der Waals surface area (Å²) in [5.41, 5.74) is 1.44. The number of hydrogen-bond donors (Lipinski definition) is 2. The van der Waals surface area contributed by atoms with Gasteiger partial charge in [0.25, 0.3) is 0 Å². The molecule has 0 atom stereocenters. The zero-order chi connectivity index (χ0) is 15.5. The van der Waals surface area contributed by atoms with E-state index in [-0.39, 0.29) is 19.6 Å². The number of benzene rings is 2. The molecule has 0 saturated carbocycles. The second-order valence-corrected chi connectivity index (χ2v) is 5.39. The van der Waals surface area contributed by atoms with E-state index in [1.807, 2.05) is 31.2 Å². The van der Waals surface area contributed by atoms with Crippen LogP contribution in [0.2, 0.25) is 0 Å². The van der Waals surface area contributed by atoms with Crippen molar-refractivity contribution < 1.29 is 19.0 Å². The third kappa shape index (κ3) is 3.28. The summed E-state index contributed by atoms with van der Waals surface area (Å²) in [5.74, 6) is -1.84. The van der Waals surface area contributed by atoms with Gasteiger partial charge in [-0.25, -0.2) is 8.78 Å². The minimum absolute atomic E-state index is 0.222. The third-order valence-electron chi connectivity index (χ3n) is 3.80. The van der Waals surface area contributed by atoms with E-state index in [1.165, 1.54) is 6.07 Å². The first kappa shape index (κ1) is 15.6. The number of rotatable bonds is 5. The largest absolute Gasteiger partial charge is 0.395 e. The van der Waals surface area contributed by atoms with E-state index in [2.05, 4.69) is 0 Å². The lowest BCUT2D eigenvalue weighted by Gasteiger charge is -2.30. The standard InChI is InChI=1S/C17H18F2O2/c1-12-2-5-14(6-3-12)17(10-20,11-21)9-13-4-7-15(18)16(19)8-13/h2-8,20-21H,9-11H2,1H3. The SMILES string of the molecule is Cc1ccc(C(CO)(CO)Cc2ccc(F)c(F)c2)cc1. The average molecular weight is 292 g/mol. The highest BCUT2D eigenvalue weighted by molar-refractivity contribution is 5.32. The Hall–Kier alpha value is -1.78. The van der Waals surface area contributed by atoms with Gasteiger partial charge in [-0.3, -0.25) is 0 Å². The zero-order valence-corrected chi connectivity index (χ0v) is 11.8. The van der Waals surface area contributed by atoms with E-state index in [1.54, 1.807) is 0 Å². The maximum Gasteiger partial charge on any atom is 0.159 e. The number of aryl methyl sites for hydroxylation is 1. The number of hydrogen-bond acceptors (Lipinski definition) is 2. The molecular formula is C17H18F2O2. The lowest BCUT2D eigenvalue weighted by molar-refractivity contribution is 0.116. The van der Waals surface area contributed by atoms with Gasteiger partial charge in [-0.15, -0.1) is 0 Å². The van der Waals surface area contributed by atoms with Crippen molar-refractivity contribution in [3.8, 4) is 0 Å².